The van der Waals surface area contributed by atoms with Crippen LogP contribution < -0.4 is 4.72 Å². The molecule has 0 aromatic heterocycles. The van der Waals surface area contributed by atoms with Crippen LogP contribution in [-0.2, 0) is 26.2 Å². The summed E-state index contributed by atoms with van der Waals surface area (Å²) in [7, 11) is -6.47. The van der Waals surface area contributed by atoms with Gasteiger partial charge in [-0.2, -0.15) is 13.2 Å². The minimum atomic E-state index is -4.82. The summed E-state index contributed by atoms with van der Waals surface area (Å²) in [5.41, 5.74) is -2.18. The SMILES string of the molecule is CN(C)S(=O)(=O)c1ccc(F)c(C(=O)NS(=O)(=O)c2cccc(C(F)(F)F)c2)c1. The van der Waals surface area contributed by atoms with Gasteiger partial charge in [-0.25, -0.2) is 30.3 Å². The average molecular weight is 454 g/mol. The summed E-state index contributed by atoms with van der Waals surface area (Å²) in [5, 5.41) is 0. The Kier molecular flexibility index (Phi) is 6.07. The van der Waals surface area contributed by atoms with Gasteiger partial charge in [0.2, 0.25) is 10.0 Å². The number of carbonyl (C=O) groups is 1. The topological polar surface area (TPSA) is 101 Å². The number of amides is 1. The van der Waals surface area contributed by atoms with E-state index in [1.807, 2.05) is 0 Å². The number of hydrogen-bond acceptors (Lipinski definition) is 5. The van der Waals surface area contributed by atoms with Gasteiger partial charge >= 0.3 is 6.18 Å². The lowest BCUT2D eigenvalue weighted by atomic mass is 10.2. The summed E-state index contributed by atoms with van der Waals surface area (Å²) in [5.74, 6) is -2.77. The Hall–Kier alpha value is -2.51. The van der Waals surface area contributed by atoms with Crippen LogP contribution in [0.4, 0.5) is 17.6 Å². The molecule has 0 spiro atoms. The van der Waals surface area contributed by atoms with E-state index in [4.69, 9.17) is 0 Å². The molecule has 0 saturated carbocycles. The molecule has 158 valence electrons. The molecule has 0 saturated heterocycles. The quantitative estimate of drug-likeness (QED) is 0.699. The summed E-state index contributed by atoms with van der Waals surface area (Å²) >= 11 is 0. The van der Waals surface area contributed by atoms with Gasteiger partial charge in [-0.3, -0.25) is 4.79 Å². The predicted molar refractivity (Wildman–Crippen MR) is 93.4 cm³/mol. The Morgan fingerprint density at radius 3 is 2.14 bits per heavy atom. The van der Waals surface area contributed by atoms with Crippen molar-refractivity contribution in [3.8, 4) is 0 Å². The second kappa shape index (κ2) is 7.72. The first-order chi connectivity index (χ1) is 13.2. The highest BCUT2D eigenvalue weighted by Crippen LogP contribution is 2.30. The first-order valence-corrected chi connectivity index (χ1v) is 10.5. The molecule has 0 aliphatic rings. The first-order valence-electron chi connectivity index (χ1n) is 7.63. The van der Waals surface area contributed by atoms with Crippen molar-refractivity contribution in [2.45, 2.75) is 16.0 Å². The van der Waals surface area contributed by atoms with E-state index in [0.29, 0.717) is 24.3 Å². The highest BCUT2D eigenvalue weighted by Gasteiger charge is 2.32. The zero-order valence-electron chi connectivity index (χ0n) is 14.9. The highest BCUT2D eigenvalue weighted by atomic mass is 32.2. The van der Waals surface area contributed by atoms with Crippen molar-refractivity contribution >= 4 is 26.0 Å². The van der Waals surface area contributed by atoms with Crippen molar-refractivity contribution in [2.75, 3.05) is 14.1 Å². The van der Waals surface area contributed by atoms with Crippen LogP contribution in [0.25, 0.3) is 0 Å². The minimum absolute atomic E-state index is 0.304. The van der Waals surface area contributed by atoms with Gasteiger partial charge in [0, 0.05) is 14.1 Å². The number of alkyl halides is 3. The van der Waals surface area contributed by atoms with Crippen LogP contribution in [0.1, 0.15) is 15.9 Å². The summed E-state index contributed by atoms with van der Waals surface area (Å²) in [6.45, 7) is 0. The standard InChI is InChI=1S/C16H14F4N2O5S2/c1-22(2)29(26,27)12-6-7-14(17)13(9-12)15(23)21-28(24,25)11-5-3-4-10(8-11)16(18,19)20/h3-9H,1-2H3,(H,21,23). The molecule has 1 N–H and O–H groups in total. The van der Waals surface area contributed by atoms with Crippen LogP contribution in [0.2, 0.25) is 0 Å². The third-order valence-electron chi connectivity index (χ3n) is 3.66. The van der Waals surface area contributed by atoms with Crippen LogP contribution in [0.15, 0.2) is 52.3 Å². The monoisotopic (exact) mass is 454 g/mol. The van der Waals surface area contributed by atoms with Crippen LogP contribution in [0, 0.1) is 5.82 Å². The third kappa shape index (κ3) is 4.92. The maximum Gasteiger partial charge on any atom is 0.416 e. The van der Waals surface area contributed by atoms with Crippen LogP contribution in [0.5, 0.6) is 0 Å². The van der Waals surface area contributed by atoms with E-state index in [1.54, 1.807) is 0 Å². The number of nitrogens with one attached hydrogen (secondary N) is 1. The van der Waals surface area contributed by atoms with E-state index < -0.39 is 58.9 Å². The maximum absolute atomic E-state index is 14.0. The minimum Gasteiger partial charge on any atom is -0.268 e. The largest absolute Gasteiger partial charge is 0.416 e. The molecule has 0 aliphatic carbocycles. The Balaban J connectivity index is 2.42. The second-order valence-corrected chi connectivity index (χ2v) is 9.72. The predicted octanol–water partition coefficient (Wildman–Crippen LogP) is 2.21. The van der Waals surface area contributed by atoms with E-state index in [0.717, 1.165) is 22.5 Å². The molecule has 0 radical (unpaired) electrons. The van der Waals surface area contributed by atoms with E-state index >= 15 is 0 Å². The average Bonchev–Trinajstić information content (AvgIpc) is 2.60. The van der Waals surface area contributed by atoms with Gasteiger partial charge in [-0.15, -0.1) is 0 Å². The molecule has 7 nitrogen and oxygen atoms in total. The molecule has 1 amide bonds. The third-order valence-corrected chi connectivity index (χ3v) is 6.80. The Morgan fingerprint density at radius 2 is 1.59 bits per heavy atom. The Bertz CT molecular complexity index is 1160. The van der Waals surface area contributed by atoms with Gasteiger partial charge in [0.15, 0.2) is 0 Å². The Morgan fingerprint density at radius 1 is 0.966 bits per heavy atom. The molecule has 0 atom stereocenters. The lowest BCUT2D eigenvalue weighted by molar-refractivity contribution is -0.137. The molecule has 0 heterocycles. The number of carbonyl (C=O) groups excluding carboxylic acids is 1. The second-order valence-electron chi connectivity index (χ2n) is 5.89. The fraction of sp³-hybridized carbons (Fsp3) is 0.188. The summed E-state index contributed by atoms with van der Waals surface area (Å²) in [6.07, 6.45) is -4.82. The molecule has 2 aromatic rings. The molecule has 0 aliphatic heterocycles. The molecule has 0 bridgehead atoms. The summed E-state index contributed by atoms with van der Waals surface area (Å²) in [4.78, 5) is 10.9. The van der Waals surface area contributed by atoms with Crippen molar-refractivity contribution < 1.29 is 39.2 Å². The molecular formula is C16H14F4N2O5S2. The number of benzene rings is 2. The fourth-order valence-electron chi connectivity index (χ4n) is 2.13. The van der Waals surface area contributed by atoms with Gasteiger partial charge in [0.1, 0.15) is 5.82 Å². The van der Waals surface area contributed by atoms with E-state index in [9.17, 15) is 39.2 Å². The molecule has 0 unspecified atom stereocenters. The normalized spacial score (nSPS) is 12.8. The van der Waals surface area contributed by atoms with Gasteiger partial charge in [-0.05, 0) is 36.4 Å². The summed E-state index contributed by atoms with van der Waals surface area (Å²) < 4.78 is 103. The number of halogens is 4. The molecule has 13 heteroatoms. The maximum atomic E-state index is 14.0. The molecule has 29 heavy (non-hydrogen) atoms. The number of rotatable bonds is 5. The smallest absolute Gasteiger partial charge is 0.268 e. The lowest BCUT2D eigenvalue weighted by Crippen LogP contribution is -2.32. The number of nitrogens with zero attached hydrogens (tertiary/aromatic N) is 1. The van der Waals surface area contributed by atoms with Crippen molar-refractivity contribution in [3.63, 3.8) is 0 Å². The van der Waals surface area contributed by atoms with E-state index in [2.05, 4.69) is 0 Å². The lowest BCUT2D eigenvalue weighted by Gasteiger charge is -2.13. The number of sulfonamides is 2. The van der Waals surface area contributed by atoms with Crippen molar-refractivity contribution in [1.29, 1.82) is 0 Å². The number of hydrogen-bond donors (Lipinski definition) is 1. The fourth-order valence-corrected chi connectivity index (χ4v) is 4.07. The molecule has 0 fully saturated rings. The molecular weight excluding hydrogens is 440 g/mol. The van der Waals surface area contributed by atoms with Crippen LogP contribution in [0.3, 0.4) is 0 Å². The molecule has 2 rings (SSSR count). The van der Waals surface area contributed by atoms with Gasteiger partial charge < -0.3 is 0 Å². The van der Waals surface area contributed by atoms with Gasteiger partial charge in [-0.1, -0.05) is 6.07 Å². The first kappa shape index (κ1) is 22.8. The van der Waals surface area contributed by atoms with Crippen LogP contribution >= 0.6 is 0 Å². The molecule has 2 aromatic carbocycles. The summed E-state index contributed by atoms with van der Waals surface area (Å²) in [6, 6.07) is 4.74. The Labute approximate surface area is 164 Å². The van der Waals surface area contributed by atoms with E-state index in [1.165, 1.54) is 18.8 Å². The van der Waals surface area contributed by atoms with Gasteiger partial charge in [0.05, 0.1) is 20.9 Å². The van der Waals surface area contributed by atoms with Crippen molar-refractivity contribution in [2.24, 2.45) is 0 Å². The van der Waals surface area contributed by atoms with Crippen molar-refractivity contribution in [1.82, 2.24) is 9.03 Å². The van der Waals surface area contributed by atoms with Crippen molar-refractivity contribution in [3.05, 3.63) is 59.4 Å². The highest BCUT2D eigenvalue weighted by molar-refractivity contribution is 7.90. The zero-order valence-corrected chi connectivity index (χ0v) is 16.5. The van der Waals surface area contributed by atoms with Crippen LogP contribution in [-0.4, -0.2) is 41.1 Å². The van der Waals surface area contributed by atoms with E-state index in [-0.39, 0.29) is 0 Å². The zero-order chi connectivity index (χ0) is 22.2. The van der Waals surface area contributed by atoms with Gasteiger partial charge in [0.25, 0.3) is 15.9 Å².